The van der Waals surface area contributed by atoms with Gasteiger partial charge in [-0.2, -0.15) is 0 Å². The number of carbonyl (C=O) groups is 1. The molecule has 0 heterocycles. The molecule has 0 spiro atoms. The molecule has 2 rings (SSSR count). The normalized spacial score (nSPS) is 25.6. The van der Waals surface area contributed by atoms with E-state index in [2.05, 4.69) is 0 Å². The Morgan fingerprint density at radius 1 is 1.60 bits per heavy atom. The van der Waals surface area contributed by atoms with Crippen LogP contribution in [0.15, 0.2) is 18.2 Å². The van der Waals surface area contributed by atoms with Gasteiger partial charge in [0.15, 0.2) is 0 Å². The van der Waals surface area contributed by atoms with Crippen molar-refractivity contribution < 1.29 is 19.0 Å². The van der Waals surface area contributed by atoms with Crippen LogP contribution in [0.25, 0.3) is 0 Å². The van der Waals surface area contributed by atoms with Crippen molar-refractivity contribution in [2.24, 2.45) is 11.7 Å². The summed E-state index contributed by atoms with van der Waals surface area (Å²) in [6.07, 6.45) is 2.76. The van der Waals surface area contributed by atoms with Crippen molar-refractivity contribution >= 4 is 5.97 Å². The Kier molecular flexibility index (Phi) is 4.28. The number of benzene rings is 1. The molecule has 2 atom stereocenters. The van der Waals surface area contributed by atoms with Gasteiger partial charge < -0.3 is 15.6 Å². The lowest BCUT2D eigenvalue weighted by atomic mass is 9.86. The molecule has 1 aromatic rings. The van der Waals surface area contributed by atoms with Gasteiger partial charge in [0.2, 0.25) is 0 Å². The van der Waals surface area contributed by atoms with E-state index in [-0.39, 0.29) is 11.7 Å². The molecule has 5 heteroatoms. The first-order valence-electron chi connectivity index (χ1n) is 6.84. The molecule has 0 amide bonds. The summed E-state index contributed by atoms with van der Waals surface area (Å²) in [5.74, 6) is -0.668. The van der Waals surface area contributed by atoms with E-state index in [0.717, 1.165) is 18.4 Å². The van der Waals surface area contributed by atoms with Gasteiger partial charge in [-0.25, -0.2) is 4.39 Å². The number of ether oxygens (including phenoxy) is 1. The van der Waals surface area contributed by atoms with Crippen LogP contribution in [-0.4, -0.2) is 23.2 Å². The van der Waals surface area contributed by atoms with Gasteiger partial charge in [0.05, 0.1) is 6.61 Å². The minimum absolute atomic E-state index is 0.0687. The fourth-order valence-electron chi connectivity index (χ4n) is 2.87. The van der Waals surface area contributed by atoms with Crippen LogP contribution in [0, 0.1) is 18.7 Å². The molecule has 1 aliphatic rings. The molecule has 1 aromatic carbocycles. The molecule has 2 unspecified atom stereocenters. The molecule has 1 fully saturated rings. The van der Waals surface area contributed by atoms with Crippen molar-refractivity contribution in [2.45, 2.75) is 38.1 Å². The fourth-order valence-corrected chi connectivity index (χ4v) is 2.87. The molecule has 0 aliphatic heterocycles. The zero-order valence-electron chi connectivity index (χ0n) is 11.6. The maximum Gasteiger partial charge on any atom is 0.323 e. The molecule has 0 bridgehead atoms. The first kappa shape index (κ1) is 14.8. The molecular formula is C15H20FNO3. The van der Waals surface area contributed by atoms with Gasteiger partial charge in [-0.05, 0) is 55.9 Å². The van der Waals surface area contributed by atoms with E-state index in [1.54, 1.807) is 13.0 Å². The second kappa shape index (κ2) is 5.79. The predicted octanol–water partition coefficient (Wildman–Crippen LogP) is 2.49. The largest absolute Gasteiger partial charge is 0.493 e. The van der Waals surface area contributed by atoms with Crippen molar-refractivity contribution in [1.82, 2.24) is 0 Å². The number of halogens is 1. The number of aliphatic carboxylic acids is 1. The van der Waals surface area contributed by atoms with Crippen molar-refractivity contribution in [1.29, 1.82) is 0 Å². The summed E-state index contributed by atoms with van der Waals surface area (Å²) in [5, 5.41) is 9.23. The van der Waals surface area contributed by atoms with Crippen LogP contribution in [0.1, 0.15) is 31.2 Å². The van der Waals surface area contributed by atoms with E-state index in [9.17, 15) is 14.3 Å². The van der Waals surface area contributed by atoms with Crippen molar-refractivity contribution in [3.05, 3.63) is 29.6 Å². The maximum absolute atomic E-state index is 13.0. The van der Waals surface area contributed by atoms with Gasteiger partial charge in [0.25, 0.3) is 0 Å². The highest BCUT2D eigenvalue weighted by molar-refractivity contribution is 5.79. The van der Waals surface area contributed by atoms with E-state index in [0.29, 0.717) is 25.2 Å². The maximum atomic E-state index is 13.0. The quantitative estimate of drug-likeness (QED) is 0.869. The number of hydrogen-bond acceptors (Lipinski definition) is 3. The van der Waals surface area contributed by atoms with Crippen molar-refractivity contribution in [3.63, 3.8) is 0 Å². The fraction of sp³-hybridized carbons (Fsp3) is 0.533. The molecule has 1 saturated carbocycles. The SMILES string of the molecule is Cc1cc(F)ccc1OCCC1CCCC1(N)C(=O)O. The van der Waals surface area contributed by atoms with E-state index >= 15 is 0 Å². The summed E-state index contributed by atoms with van der Waals surface area (Å²) in [4.78, 5) is 11.3. The Hall–Kier alpha value is -1.62. The summed E-state index contributed by atoms with van der Waals surface area (Å²) in [5.41, 5.74) is 5.58. The van der Waals surface area contributed by atoms with Crippen LogP contribution in [0.4, 0.5) is 4.39 Å². The average Bonchev–Trinajstić information content (AvgIpc) is 2.75. The minimum atomic E-state index is -1.12. The van der Waals surface area contributed by atoms with E-state index in [4.69, 9.17) is 10.5 Å². The third kappa shape index (κ3) is 2.93. The number of carboxylic acid groups (broad SMARTS) is 1. The first-order valence-corrected chi connectivity index (χ1v) is 6.84. The van der Waals surface area contributed by atoms with Crippen LogP contribution in [-0.2, 0) is 4.79 Å². The number of aryl methyl sites for hydroxylation is 1. The summed E-state index contributed by atoms with van der Waals surface area (Å²) >= 11 is 0. The smallest absolute Gasteiger partial charge is 0.323 e. The van der Waals surface area contributed by atoms with Gasteiger partial charge in [0.1, 0.15) is 17.1 Å². The Bertz CT molecular complexity index is 506. The van der Waals surface area contributed by atoms with Gasteiger partial charge in [0, 0.05) is 0 Å². The van der Waals surface area contributed by atoms with Gasteiger partial charge in [-0.1, -0.05) is 6.42 Å². The van der Waals surface area contributed by atoms with E-state index in [1.807, 2.05) is 0 Å². The lowest BCUT2D eigenvalue weighted by Crippen LogP contribution is -2.51. The molecule has 3 N–H and O–H groups in total. The summed E-state index contributed by atoms with van der Waals surface area (Å²) < 4.78 is 18.6. The van der Waals surface area contributed by atoms with E-state index < -0.39 is 11.5 Å². The molecule has 0 radical (unpaired) electrons. The highest BCUT2D eigenvalue weighted by Crippen LogP contribution is 2.36. The third-order valence-electron chi connectivity index (χ3n) is 4.13. The number of rotatable bonds is 5. The predicted molar refractivity (Wildman–Crippen MR) is 73.1 cm³/mol. The molecule has 0 aromatic heterocycles. The van der Waals surface area contributed by atoms with Crippen molar-refractivity contribution in [2.75, 3.05) is 6.61 Å². The number of carboxylic acids is 1. The highest BCUT2D eigenvalue weighted by atomic mass is 19.1. The average molecular weight is 281 g/mol. The number of nitrogens with two attached hydrogens (primary N) is 1. The number of hydrogen-bond donors (Lipinski definition) is 2. The monoisotopic (exact) mass is 281 g/mol. The molecule has 0 saturated heterocycles. The molecule has 110 valence electrons. The van der Waals surface area contributed by atoms with Crippen LogP contribution in [0.3, 0.4) is 0 Å². The Labute approximate surface area is 117 Å². The summed E-state index contributed by atoms with van der Waals surface area (Å²) in [6, 6.07) is 4.35. The summed E-state index contributed by atoms with van der Waals surface area (Å²) in [7, 11) is 0. The lowest BCUT2D eigenvalue weighted by molar-refractivity contribution is -0.144. The zero-order valence-corrected chi connectivity index (χ0v) is 11.6. The molecule has 4 nitrogen and oxygen atoms in total. The lowest BCUT2D eigenvalue weighted by Gasteiger charge is -2.26. The van der Waals surface area contributed by atoms with Crippen molar-refractivity contribution in [3.8, 4) is 5.75 Å². The summed E-state index contributed by atoms with van der Waals surface area (Å²) in [6.45, 7) is 2.17. The molecule has 20 heavy (non-hydrogen) atoms. The molecular weight excluding hydrogens is 261 g/mol. The standard InChI is InChI=1S/C15H20FNO3/c1-10-9-12(16)4-5-13(10)20-8-6-11-3-2-7-15(11,17)14(18)19/h4-5,9,11H,2-3,6-8,17H2,1H3,(H,18,19). The van der Waals surface area contributed by atoms with Crippen LogP contribution < -0.4 is 10.5 Å². The van der Waals surface area contributed by atoms with E-state index in [1.165, 1.54) is 12.1 Å². The molecule has 1 aliphatic carbocycles. The highest BCUT2D eigenvalue weighted by Gasteiger charge is 2.45. The topological polar surface area (TPSA) is 72.5 Å². The second-order valence-corrected chi connectivity index (χ2v) is 5.48. The first-order chi connectivity index (χ1) is 9.43. The van der Waals surface area contributed by atoms with Crippen LogP contribution in [0.2, 0.25) is 0 Å². The second-order valence-electron chi connectivity index (χ2n) is 5.48. The Balaban J connectivity index is 1.91. The Morgan fingerprint density at radius 3 is 3.00 bits per heavy atom. The Morgan fingerprint density at radius 2 is 2.35 bits per heavy atom. The van der Waals surface area contributed by atoms with Gasteiger partial charge >= 0.3 is 5.97 Å². The van der Waals surface area contributed by atoms with Gasteiger partial charge in [-0.3, -0.25) is 4.79 Å². The van der Waals surface area contributed by atoms with Crippen LogP contribution >= 0.6 is 0 Å². The zero-order chi connectivity index (χ0) is 14.8. The minimum Gasteiger partial charge on any atom is -0.493 e. The third-order valence-corrected chi connectivity index (χ3v) is 4.13. The van der Waals surface area contributed by atoms with Crippen LogP contribution in [0.5, 0.6) is 5.75 Å². The van der Waals surface area contributed by atoms with Gasteiger partial charge in [-0.15, -0.1) is 0 Å².